The average Bonchev–Trinajstić information content (AvgIpc) is 2.94. The Kier molecular flexibility index (Phi) is 9.19. The third kappa shape index (κ3) is 6.57. The maximum absolute atomic E-state index is 13.9. The standard InChI is InChI=1S/C29H37F3N4O3/c1-35(2)25-17-34-23-5-4-20(39-3)16-21(23)27(25)26(38)6-7-29(18-37)8-11-36(12-9-29)13-10-33-24-15-19(30)14-22(31)28(24)32/h4-5,14-17,26,33,37-38H,6-13,18H2,1-3H3/t26-/m0/s1. The van der Waals surface area contributed by atoms with Crippen molar-refractivity contribution in [3.05, 3.63) is 59.5 Å². The number of piperidine rings is 1. The van der Waals surface area contributed by atoms with Crippen LogP contribution in [0.15, 0.2) is 36.5 Å². The monoisotopic (exact) mass is 546 g/mol. The zero-order valence-electron chi connectivity index (χ0n) is 22.7. The fraction of sp³-hybridized carbons (Fsp3) is 0.483. The van der Waals surface area contributed by atoms with Gasteiger partial charge in [0.15, 0.2) is 11.6 Å². The van der Waals surface area contributed by atoms with Gasteiger partial charge in [0.2, 0.25) is 0 Å². The summed E-state index contributed by atoms with van der Waals surface area (Å²) in [6.07, 6.45) is 3.61. The molecule has 2 aromatic carbocycles. The first kappa shape index (κ1) is 28.9. The highest BCUT2D eigenvalue weighted by Gasteiger charge is 2.35. The van der Waals surface area contributed by atoms with E-state index in [1.54, 1.807) is 13.3 Å². The molecule has 3 aromatic rings. The maximum Gasteiger partial charge on any atom is 0.182 e. The van der Waals surface area contributed by atoms with Crippen molar-refractivity contribution in [2.75, 3.05) is 64.2 Å². The Morgan fingerprint density at radius 1 is 1.15 bits per heavy atom. The quantitative estimate of drug-likeness (QED) is 0.300. The van der Waals surface area contributed by atoms with Crippen LogP contribution in [-0.4, -0.2) is 74.1 Å². The number of anilines is 2. The zero-order valence-corrected chi connectivity index (χ0v) is 22.7. The van der Waals surface area contributed by atoms with Gasteiger partial charge in [0.05, 0.1) is 36.3 Å². The number of rotatable bonds is 11. The Balaban J connectivity index is 1.38. The number of ether oxygens (including phenoxy) is 1. The predicted octanol–water partition coefficient (Wildman–Crippen LogP) is 4.73. The van der Waals surface area contributed by atoms with Gasteiger partial charge in [-0.05, 0) is 62.4 Å². The lowest BCUT2D eigenvalue weighted by molar-refractivity contribution is 0.0248. The summed E-state index contributed by atoms with van der Waals surface area (Å²) in [7, 11) is 5.43. The molecule has 0 radical (unpaired) electrons. The van der Waals surface area contributed by atoms with E-state index in [1.165, 1.54) is 0 Å². The number of aromatic nitrogens is 1. The molecule has 3 N–H and O–H groups in total. The number of nitrogens with one attached hydrogen (secondary N) is 1. The van der Waals surface area contributed by atoms with Gasteiger partial charge < -0.3 is 30.1 Å². The van der Waals surface area contributed by atoms with Gasteiger partial charge in [-0.2, -0.15) is 0 Å². The number of benzene rings is 2. The van der Waals surface area contributed by atoms with Crippen molar-refractivity contribution in [1.82, 2.24) is 9.88 Å². The second-order valence-corrected chi connectivity index (χ2v) is 10.6. The van der Waals surface area contributed by atoms with E-state index in [2.05, 4.69) is 15.2 Å². The SMILES string of the molecule is COc1ccc2ncc(N(C)C)c([C@@H](O)CCC3(CO)CCN(CCNc4cc(F)cc(F)c4F)CC3)c2c1. The summed E-state index contributed by atoms with van der Waals surface area (Å²) in [5, 5.41) is 25.4. The summed E-state index contributed by atoms with van der Waals surface area (Å²) in [6.45, 7) is 2.35. The van der Waals surface area contributed by atoms with Crippen molar-refractivity contribution in [3.8, 4) is 5.75 Å². The molecule has 1 saturated heterocycles. The molecule has 1 aliphatic heterocycles. The molecule has 0 bridgehead atoms. The lowest BCUT2D eigenvalue weighted by Gasteiger charge is -2.41. The number of methoxy groups -OCH3 is 1. The van der Waals surface area contributed by atoms with Crippen LogP contribution in [0.5, 0.6) is 5.75 Å². The van der Waals surface area contributed by atoms with E-state index in [9.17, 15) is 23.4 Å². The summed E-state index contributed by atoms with van der Waals surface area (Å²) in [4.78, 5) is 8.66. The molecule has 0 aliphatic carbocycles. The van der Waals surface area contributed by atoms with Gasteiger partial charge in [-0.1, -0.05) is 0 Å². The number of pyridine rings is 1. The van der Waals surface area contributed by atoms with E-state index in [1.807, 2.05) is 37.2 Å². The number of aliphatic hydroxyl groups is 2. The van der Waals surface area contributed by atoms with Gasteiger partial charge >= 0.3 is 0 Å². The fourth-order valence-corrected chi connectivity index (χ4v) is 5.37. The zero-order chi connectivity index (χ0) is 28.2. The molecule has 0 unspecified atom stereocenters. The number of hydrogen-bond donors (Lipinski definition) is 3. The minimum Gasteiger partial charge on any atom is -0.497 e. The first-order valence-corrected chi connectivity index (χ1v) is 13.2. The fourth-order valence-electron chi connectivity index (χ4n) is 5.37. The molecule has 1 fully saturated rings. The van der Waals surface area contributed by atoms with E-state index in [4.69, 9.17) is 4.74 Å². The van der Waals surface area contributed by atoms with Crippen molar-refractivity contribution < 1.29 is 28.1 Å². The first-order valence-electron chi connectivity index (χ1n) is 13.2. The van der Waals surface area contributed by atoms with Crippen LogP contribution in [0.25, 0.3) is 10.9 Å². The van der Waals surface area contributed by atoms with Crippen molar-refractivity contribution in [2.45, 2.75) is 31.8 Å². The lowest BCUT2D eigenvalue weighted by Crippen LogP contribution is -2.43. The van der Waals surface area contributed by atoms with E-state index in [0.717, 1.165) is 54.2 Å². The Hall–Kier alpha value is -3.08. The van der Waals surface area contributed by atoms with Gasteiger partial charge in [-0.3, -0.25) is 4.98 Å². The van der Waals surface area contributed by atoms with Gasteiger partial charge in [0.1, 0.15) is 11.6 Å². The molecule has 0 amide bonds. The molecule has 1 aromatic heterocycles. The number of halogens is 3. The molecule has 10 heteroatoms. The van der Waals surface area contributed by atoms with Crippen molar-refractivity contribution >= 4 is 22.3 Å². The summed E-state index contributed by atoms with van der Waals surface area (Å²) >= 11 is 0. The maximum atomic E-state index is 13.9. The molecule has 0 saturated carbocycles. The normalized spacial score (nSPS) is 16.3. The minimum absolute atomic E-state index is 0.0189. The number of aliphatic hydroxyl groups excluding tert-OH is 2. The average molecular weight is 547 g/mol. The van der Waals surface area contributed by atoms with Gasteiger partial charge in [-0.15, -0.1) is 0 Å². The van der Waals surface area contributed by atoms with Crippen molar-refractivity contribution in [1.29, 1.82) is 0 Å². The molecule has 1 atom stereocenters. The van der Waals surface area contributed by atoms with Crippen LogP contribution in [0.3, 0.4) is 0 Å². The van der Waals surface area contributed by atoms with E-state index in [-0.39, 0.29) is 17.7 Å². The summed E-state index contributed by atoms with van der Waals surface area (Å²) < 4.78 is 46.1. The van der Waals surface area contributed by atoms with Gasteiger partial charge in [0, 0.05) is 56.9 Å². The third-order valence-electron chi connectivity index (χ3n) is 7.85. The Morgan fingerprint density at radius 3 is 2.56 bits per heavy atom. The highest BCUT2D eigenvalue weighted by atomic mass is 19.2. The topological polar surface area (TPSA) is 81.1 Å². The van der Waals surface area contributed by atoms with Crippen LogP contribution in [0.2, 0.25) is 0 Å². The molecule has 7 nitrogen and oxygen atoms in total. The van der Waals surface area contributed by atoms with Crippen LogP contribution in [0, 0.1) is 22.9 Å². The lowest BCUT2D eigenvalue weighted by atomic mass is 9.74. The number of fused-ring (bicyclic) bond motifs is 1. The highest BCUT2D eigenvalue weighted by molar-refractivity contribution is 5.88. The number of likely N-dealkylation sites (tertiary alicyclic amines) is 1. The molecular weight excluding hydrogens is 509 g/mol. The molecule has 1 aliphatic rings. The van der Waals surface area contributed by atoms with Crippen LogP contribution in [-0.2, 0) is 0 Å². The van der Waals surface area contributed by atoms with E-state index in [0.29, 0.717) is 37.7 Å². The van der Waals surface area contributed by atoms with E-state index >= 15 is 0 Å². The van der Waals surface area contributed by atoms with Crippen LogP contribution in [0.4, 0.5) is 24.5 Å². The Morgan fingerprint density at radius 2 is 1.90 bits per heavy atom. The predicted molar refractivity (Wildman–Crippen MR) is 147 cm³/mol. The molecule has 0 spiro atoms. The second-order valence-electron chi connectivity index (χ2n) is 10.6. The molecule has 2 heterocycles. The van der Waals surface area contributed by atoms with E-state index < -0.39 is 23.6 Å². The molecule has 39 heavy (non-hydrogen) atoms. The molecule has 4 rings (SSSR count). The molecule has 212 valence electrons. The third-order valence-corrected chi connectivity index (χ3v) is 7.85. The number of nitrogens with zero attached hydrogens (tertiary/aromatic N) is 3. The van der Waals surface area contributed by atoms with Gasteiger partial charge in [0.25, 0.3) is 0 Å². The second kappa shape index (κ2) is 12.4. The Labute approximate surface area is 227 Å². The highest BCUT2D eigenvalue weighted by Crippen LogP contribution is 2.41. The van der Waals surface area contributed by atoms with Crippen LogP contribution >= 0.6 is 0 Å². The summed E-state index contributed by atoms with van der Waals surface area (Å²) in [6, 6.07) is 7.08. The van der Waals surface area contributed by atoms with Crippen molar-refractivity contribution in [2.24, 2.45) is 5.41 Å². The summed E-state index contributed by atoms with van der Waals surface area (Å²) in [5.41, 5.74) is 1.89. The van der Waals surface area contributed by atoms with Crippen LogP contribution < -0.4 is 15.0 Å². The van der Waals surface area contributed by atoms with Crippen molar-refractivity contribution in [3.63, 3.8) is 0 Å². The van der Waals surface area contributed by atoms with Gasteiger partial charge in [-0.25, -0.2) is 13.2 Å². The Bertz CT molecular complexity index is 1280. The summed E-state index contributed by atoms with van der Waals surface area (Å²) in [5.74, 6) is -2.46. The minimum atomic E-state index is -1.22. The smallest absolute Gasteiger partial charge is 0.182 e. The number of hydrogen-bond acceptors (Lipinski definition) is 7. The first-order chi connectivity index (χ1) is 18.7. The largest absolute Gasteiger partial charge is 0.497 e. The van der Waals surface area contributed by atoms with Crippen LogP contribution in [0.1, 0.15) is 37.4 Å². The molecular formula is C29H37F3N4O3.